The lowest BCUT2D eigenvalue weighted by molar-refractivity contribution is -0.139. The number of amides is 1. The summed E-state index contributed by atoms with van der Waals surface area (Å²) in [6, 6.07) is 5.10. The molecule has 35 heavy (non-hydrogen) atoms. The average molecular weight is 481 g/mol. The summed E-state index contributed by atoms with van der Waals surface area (Å²) in [5.41, 5.74) is 7.46. The molecule has 10 heteroatoms. The highest BCUT2D eigenvalue weighted by molar-refractivity contribution is 5.84. The van der Waals surface area contributed by atoms with Gasteiger partial charge in [0, 0.05) is 48.6 Å². The SMILES string of the molecule is Cc1nc(N)nc(NC(C)c2cc3cc(C)c(F)cc3nc2N2CCN(C(=O)C(C)(C)C)CC2)n1. The molecular formula is C25H33FN8O. The topological polar surface area (TPSA) is 113 Å². The van der Waals surface area contributed by atoms with Crippen LogP contribution < -0.4 is 16.0 Å². The molecule has 0 aliphatic carbocycles. The lowest BCUT2D eigenvalue weighted by Crippen LogP contribution is -2.52. The number of anilines is 3. The van der Waals surface area contributed by atoms with Gasteiger partial charge in [-0.2, -0.15) is 15.0 Å². The molecule has 0 radical (unpaired) electrons. The Morgan fingerprint density at radius 3 is 2.37 bits per heavy atom. The van der Waals surface area contributed by atoms with Crippen molar-refractivity contribution in [2.45, 2.75) is 47.6 Å². The van der Waals surface area contributed by atoms with Crippen molar-refractivity contribution in [3.8, 4) is 0 Å². The summed E-state index contributed by atoms with van der Waals surface area (Å²) in [5, 5.41) is 4.16. The minimum atomic E-state index is -0.424. The maximum absolute atomic E-state index is 14.4. The first-order valence-electron chi connectivity index (χ1n) is 11.8. The number of carbonyl (C=O) groups is 1. The van der Waals surface area contributed by atoms with E-state index in [0.717, 1.165) is 16.8 Å². The number of nitrogens with zero attached hydrogens (tertiary/aromatic N) is 6. The predicted molar refractivity (Wildman–Crippen MR) is 136 cm³/mol. The number of piperazine rings is 1. The molecule has 2 aromatic heterocycles. The Kier molecular flexibility index (Phi) is 6.48. The van der Waals surface area contributed by atoms with Crippen molar-refractivity contribution in [3.63, 3.8) is 0 Å². The number of halogens is 1. The first-order valence-corrected chi connectivity index (χ1v) is 11.8. The van der Waals surface area contributed by atoms with Gasteiger partial charge in [-0.1, -0.05) is 20.8 Å². The number of nitrogen functional groups attached to an aromatic ring is 1. The maximum Gasteiger partial charge on any atom is 0.228 e. The molecule has 1 fully saturated rings. The standard InChI is InChI=1S/C25H33FN8O/c1-14-11-17-12-18(15(2)28-24-30-16(3)29-23(27)32-24)21(31-20(17)13-19(14)26)33-7-9-34(10-8-33)22(35)25(4,5)6/h11-13,15H,7-10H2,1-6H3,(H3,27,28,29,30,32). The lowest BCUT2D eigenvalue weighted by atomic mass is 9.94. The number of aromatic nitrogens is 4. The van der Waals surface area contributed by atoms with E-state index in [2.05, 4.69) is 25.2 Å². The van der Waals surface area contributed by atoms with Gasteiger partial charge in [-0.15, -0.1) is 0 Å². The van der Waals surface area contributed by atoms with Gasteiger partial charge in [0.25, 0.3) is 0 Å². The van der Waals surface area contributed by atoms with E-state index in [1.165, 1.54) is 6.07 Å². The Labute approximate surface area is 205 Å². The molecule has 1 atom stereocenters. The van der Waals surface area contributed by atoms with Crippen LogP contribution in [0.25, 0.3) is 10.9 Å². The van der Waals surface area contributed by atoms with Crippen LogP contribution in [0.15, 0.2) is 18.2 Å². The van der Waals surface area contributed by atoms with Crippen molar-refractivity contribution in [2.24, 2.45) is 5.41 Å². The molecule has 4 rings (SSSR count). The molecule has 9 nitrogen and oxygen atoms in total. The molecule has 0 spiro atoms. The number of fused-ring (bicyclic) bond motifs is 1. The van der Waals surface area contributed by atoms with E-state index in [4.69, 9.17) is 10.7 Å². The van der Waals surface area contributed by atoms with E-state index >= 15 is 0 Å². The number of carbonyl (C=O) groups excluding carboxylic acids is 1. The fourth-order valence-corrected chi connectivity index (χ4v) is 4.32. The molecule has 1 aliphatic rings. The number of nitrogens with two attached hydrogens (primary N) is 1. The minimum absolute atomic E-state index is 0.138. The lowest BCUT2D eigenvalue weighted by Gasteiger charge is -2.39. The second kappa shape index (κ2) is 9.24. The normalized spacial score (nSPS) is 15.4. The van der Waals surface area contributed by atoms with Crippen LogP contribution in [0, 0.1) is 25.1 Å². The highest BCUT2D eigenvalue weighted by Crippen LogP contribution is 2.32. The van der Waals surface area contributed by atoms with Gasteiger partial charge in [0.2, 0.25) is 17.8 Å². The summed E-state index contributed by atoms with van der Waals surface area (Å²) in [6.45, 7) is 13.8. The molecule has 0 bridgehead atoms. The van der Waals surface area contributed by atoms with Crippen molar-refractivity contribution in [2.75, 3.05) is 42.1 Å². The molecule has 186 valence electrons. The van der Waals surface area contributed by atoms with Gasteiger partial charge in [-0.25, -0.2) is 9.37 Å². The fourth-order valence-electron chi connectivity index (χ4n) is 4.32. The predicted octanol–water partition coefficient (Wildman–Crippen LogP) is 3.63. The smallest absolute Gasteiger partial charge is 0.228 e. The molecular weight excluding hydrogens is 447 g/mol. The van der Waals surface area contributed by atoms with Crippen molar-refractivity contribution in [1.29, 1.82) is 0 Å². The number of pyridine rings is 1. The van der Waals surface area contributed by atoms with E-state index < -0.39 is 5.41 Å². The third-order valence-corrected chi connectivity index (χ3v) is 6.19. The van der Waals surface area contributed by atoms with Gasteiger partial charge in [-0.3, -0.25) is 4.79 Å². The zero-order valence-corrected chi connectivity index (χ0v) is 21.2. The second-order valence-electron chi connectivity index (χ2n) is 10.2. The maximum atomic E-state index is 14.4. The van der Waals surface area contributed by atoms with Crippen molar-refractivity contribution in [1.82, 2.24) is 24.8 Å². The fraction of sp³-hybridized carbons (Fsp3) is 0.480. The first kappa shape index (κ1) is 24.6. The monoisotopic (exact) mass is 480 g/mol. The van der Waals surface area contributed by atoms with E-state index in [-0.39, 0.29) is 23.7 Å². The molecule has 1 amide bonds. The third-order valence-electron chi connectivity index (χ3n) is 6.19. The van der Waals surface area contributed by atoms with E-state index in [1.54, 1.807) is 13.8 Å². The molecule has 0 saturated carbocycles. The number of aryl methyl sites for hydroxylation is 2. The van der Waals surface area contributed by atoms with Crippen molar-refractivity contribution < 1.29 is 9.18 Å². The van der Waals surface area contributed by atoms with Gasteiger partial charge in [0.15, 0.2) is 0 Å². The van der Waals surface area contributed by atoms with E-state index in [9.17, 15) is 9.18 Å². The highest BCUT2D eigenvalue weighted by Gasteiger charge is 2.31. The number of nitrogens with one attached hydrogen (secondary N) is 1. The quantitative estimate of drug-likeness (QED) is 0.582. The summed E-state index contributed by atoms with van der Waals surface area (Å²) in [4.78, 5) is 34.3. The van der Waals surface area contributed by atoms with Crippen LogP contribution in [0.5, 0.6) is 0 Å². The summed E-state index contributed by atoms with van der Waals surface area (Å²) in [7, 11) is 0. The second-order valence-corrected chi connectivity index (χ2v) is 10.2. The summed E-state index contributed by atoms with van der Waals surface area (Å²) in [5.74, 6) is 1.65. The van der Waals surface area contributed by atoms with Crippen LogP contribution in [0.1, 0.15) is 50.7 Å². The summed E-state index contributed by atoms with van der Waals surface area (Å²) < 4.78 is 14.4. The van der Waals surface area contributed by atoms with E-state index in [0.29, 0.717) is 49.0 Å². The molecule has 1 aromatic carbocycles. The Morgan fingerprint density at radius 1 is 1.06 bits per heavy atom. The van der Waals surface area contributed by atoms with Gasteiger partial charge in [0.1, 0.15) is 17.5 Å². The van der Waals surface area contributed by atoms with Crippen LogP contribution >= 0.6 is 0 Å². The molecule has 1 aliphatic heterocycles. The van der Waals surface area contributed by atoms with Gasteiger partial charge in [-0.05, 0) is 38.5 Å². The number of benzene rings is 1. The number of hydrogen-bond donors (Lipinski definition) is 2. The molecule has 3 N–H and O–H groups in total. The van der Waals surface area contributed by atoms with E-state index in [1.807, 2.05) is 44.7 Å². The first-order chi connectivity index (χ1) is 16.4. The molecule has 1 unspecified atom stereocenters. The summed E-state index contributed by atoms with van der Waals surface area (Å²) >= 11 is 0. The number of rotatable bonds is 4. The Balaban J connectivity index is 1.69. The van der Waals surface area contributed by atoms with Gasteiger partial charge in [0.05, 0.1) is 11.6 Å². The largest absolute Gasteiger partial charge is 0.368 e. The third kappa shape index (κ3) is 5.26. The highest BCUT2D eigenvalue weighted by atomic mass is 19.1. The Bertz CT molecular complexity index is 1240. The van der Waals surface area contributed by atoms with Gasteiger partial charge < -0.3 is 20.9 Å². The van der Waals surface area contributed by atoms with Crippen molar-refractivity contribution >= 4 is 34.5 Å². The van der Waals surface area contributed by atoms with Crippen LogP contribution in [-0.4, -0.2) is 56.9 Å². The zero-order chi connectivity index (χ0) is 25.5. The molecule has 1 saturated heterocycles. The van der Waals surface area contributed by atoms with Crippen molar-refractivity contribution in [3.05, 3.63) is 41.0 Å². The average Bonchev–Trinajstić information content (AvgIpc) is 2.77. The number of hydrogen-bond acceptors (Lipinski definition) is 8. The molecule has 3 aromatic rings. The Hall–Kier alpha value is -3.56. The summed E-state index contributed by atoms with van der Waals surface area (Å²) in [6.07, 6.45) is 0. The zero-order valence-electron chi connectivity index (χ0n) is 21.2. The van der Waals surface area contributed by atoms with Crippen LogP contribution in [-0.2, 0) is 4.79 Å². The van der Waals surface area contributed by atoms with Crippen LogP contribution in [0.2, 0.25) is 0 Å². The molecule has 3 heterocycles. The Morgan fingerprint density at radius 2 is 1.74 bits per heavy atom. The van der Waals surface area contributed by atoms with Gasteiger partial charge >= 0.3 is 0 Å². The van der Waals surface area contributed by atoms with Crippen LogP contribution in [0.4, 0.5) is 22.1 Å². The minimum Gasteiger partial charge on any atom is -0.368 e. The van der Waals surface area contributed by atoms with Crippen LogP contribution in [0.3, 0.4) is 0 Å².